The summed E-state index contributed by atoms with van der Waals surface area (Å²) >= 11 is 0. The summed E-state index contributed by atoms with van der Waals surface area (Å²) in [5, 5.41) is 2.87. The van der Waals surface area contributed by atoms with Crippen LogP contribution in [0.15, 0.2) is 36.9 Å². The molecule has 88 valence electrons. The van der Waals surface area contributed by atoms with Crippen LogP contribution in [0.25, 0.3) is 0 Å². The molecule has 5 heteroatoms. The standard InChI is InChI=1S/C12H14N4O/c1-9(12-14-5-6-15-12)16-11(17)7-10-3-2-4-13-8-10/h2-6,8-9H,7H2,1H3,(H,14,15)(H,16,17). The van der Waals surface area contributed by atoms with Gasteiger partial charge in [0.05, 0.1) is 12.5 Å². The smallest absolute Gasteiger partial charge is 0.225 e. The molecule has 0 saturated heterocycles. The number of carbonyl (C=O) groups is 1. The van der Waals surface area contributed by atoms with Gasteiger partial charge in [-0.3, -0.25) is 9.78 Å². The molecular weight excluding hydrogens is 216 g/mol. The number of imidazole rings is 1. The van der Waals surface area contributed by atoms with E-state index in [0.717, 1.165) is 11.4 Å². The van der Waals surface area contributed by atoms with Crippen molar-refractivity contribution in [3.05, 3.63) is 48.3 Å². The maximum atomic E-state index is 11.7. The van der Waals surface area contributed by atoms with E-state index in [1.807, 2.05) is 19.1 Å². The predicted molar refractivity (Wildman–Crippen MR) is 63.1 cm³/mol. The van der Waals surface area contributed by atoms with E-state index in [4.69, 9.17) is 0 Å². The van der Waals surface area contributed by atoms with Gasteiger partial charge in [-0.05, 0) is 18.6 Å². The zero-order valence-corrected chi connectivity index (χ0v) is 9.55. The van der Waals surface area contributed by atoms with Gasteiger partial charge in [-0.15, -0.1) is 0 Å². The number of H-pyrrole nitrogens is 1. The topological polar surface area (TPSA) is 70.7 Å². The van der Waals surface area contributed by atoms with E-state index in [-0.39, 0.29) is 11.9 Å². The van der Waals surface area contributed by atoms with Crippen molar-refractivity contribution in [2.75, 3.05) is 0 Å². The van der Waals surface area contributed by atoms with Crippen molar-refractivity contribution in [2.45, 2.75) is 19.4 Å². The Morgan fingerprint density at radius 1 is 1.53 bits per heavy atom. The molecule has 1 amide bonds. The second-order valence-electron chi connectivity index (χ2n) is 3.80. The summed E-state index contributed by atoms with van der Waals surface area (Å²) in [6, 6.07) is 3.58. The normalized spacial score (nSPS) is 12.1. The molecule has 0 fully saturated rings. The Kier molecular flexibility index (Phi) is 3.49. The molecule has 2 N–H and O–H groups in total. The van der Waals surface area contributed by atoms with Crippen molar-refractivity contribution in [2.24, 2.45) is 0 Å². The first-order chi connectivity index (χ1) is 8.25. The molecule has 0 saturated carbocycles. The highest BCUT2D eigenvalue weighted by Crippen LogP contribution is 2.06. The number of hydrogen-bond donors (Lipinski definition) is 2. The molecule has 2 heterocycles. The molecule has 0 aliphatic heterocycles. The first-order valence-electron chi connectivity index (χ1n) is 5.43. The average Bonchev–Trinajstić information content (AvgIpc) is 2.83. The predicted octanol–water partition coefficient (Wildman–Crippen LogP) is 1.22. The Morgan fingerprint density at radius 2 is 2.41 bits per heavy atom. The van der Waals surface area contributed by atoms with E-state index in [1.54, 1.807) is 24.8 Å². The number of nitrogens with one attached hydrogen (secondary N) is 2. The Balaban J connectivity index is 1.90. The molecular formula is C12H14N4O. The molecule has 1 atom stereocenters. The first kappa shape index (κ1) is 11.3. The third kappa shape index (κ3) is 3.14. The van der Waals surface area contributed by atoms with Crippen molar-refractivity contribution in [1.82, 2.24) is 20.3 Å². The van der Waals surface area contributed by atoms with Gasteiger partial charge in [0, 0.05) is 24.8 Å². The molecule has 5 nitrogen and oxygen atoms in total. The van der Waals surface area contributed by atoms with E-state index in [9.17, 15) is 4.79 Å². The molecule has 0 aliphatic rings. The summed E-state index contributed by atoms with van der Waals surface area (Å²) in [4.78, 5) is 22.8. The lowest BCUT2D eigenvalue weighted by Gasteiger charge is -2.11. The highest BCUT2D eigenvalue weighted by atomic mass is 16.1. The zero-order valence-electron chi connectivity index (χ0n) is 9.55. The van der Waals surface area contributed by atoms with Crippen molar-refractivity contribution < 1.29 is 4.79 Å². The van der Waals surface area contributed by atoms with Gasteiger partial charge in [-0.2, -0.15) is 0 Å². The minimum atomic E-state index is -0.117. The second kappa shape index (κ2) is 5.25. The van der Waals surface area contributed by atoms with Gasteiger partial charge < -0.3 is 10.3 Å². The van der Waals surface area contributed by atoms with Crippen LogP contribution in [0.5, 0.6) is 0 Å². The number of nitrogens with zero attached hydrogens (tertiary/aromatic N) is 2. The third-order valence-electron chi connectivity index (χ3n) is 2.39. The summed E-state index contributed by atoms with van der Waals surface area (Å²) in [6.07, 6.45) is 7.11. The Labute approximate surface area is 99.3 Å². The minimum Gasteiger partial charge on any atom is -0.347 e. The van der Waals surface area contributed by atoms with Crippen LogP contribution in [0.1, 0.15) is 24.4 Å². The highest BCUT2D eigenvalue weighted by Gasteiger charge is 2.11. The number of aromatic nitrogens is 3. The molecule has 1 unspecified atom stereocenters. The summed E-state index contributed by atoms with van der Waals surface area (Å²) in [7, 11) is 0. The van der Waals surface area contributed by atoms with Gasteiger partial charge in [0.15, 0.2) is 0 Å². The van der Waals surface area contributed by atoms with Crippen LogP contribution in [0.3, 0.4) is 0 Å². The van der Waals surface area contributed by atoms with Gasteiger partial charge >= 0.3 is 0 Å². The SMILES string of the molecule is CC(NC(=O)Cc1cccnc1)c1ncc[nH]1. The molecule has 0 aliphatic carbocycles. The molecule has 0 radical (unpaired) electrons. The molecule has 2 aromatic rings. The van der Waals surface area contributed by atoms with Crippen LogP contribution < -0.4 is 5.32 Å². The molecule has 0 bridgehead atoms. The van der Waals surface area contributed by atoms with Crippen LogP contribution in [-0.4, -0.2) is 20.9 Å². The quantitative estimate of drug-likeness (QED) is 0.829. The molecule has 0 aromatic carbocycles. The van der Waals surface area contributed by atoms with Gasteiger partial charge in [-0.25, -0.2) is 4.98 Å². The lowest BCUT2D eigenvalue weighted by Crippen LogP contribution is -2.28. The first-order valence-corrected chi connectivity index (χ1v) is 5.43. The summed E-state index contributed by atoms with van der Waals surface area (Å²) in [6.45, 7) is 1.89. The van der Waals surface area contributed by atoms with Crippen molar-refractivity contribution >= 4 is 5.91 Å². The monoisotopic (exact) mass is 230 g/mol. The lowest BCUT2D eigenvalue weighted by molar-refractivity contribution is -0.121. The van der Waals surface area contributed by atoms with Gasteiger partial charge in [0.25, 0.3) is 0 Å². The maximum Gasteiger partial charge on any atom is 0.225 e. The number of rotatable bonds is 4. The van der Waals surface area contributed by atoms with Gasteiger partial charge in [-0.1, -0.05) is 6.07 Å². The van der Waals surface area contributed by atoms with Crippen LogP contribution in [0, 0.1) is 0 Å². The van der Waals surface area contributed by atoms with E-state index in [1.165, 1.54) is 0 Å². The maximum absolute atomic E-state index is 11.7. The fourth-order valence-electron chi connectivity index (χ4n) is 1.56. The van der Waals surface area contributed by atoms with Crippen LogP contribution in [-0.2, 0) is 11.2 Å². The van der Waals surface area contributed by atoms with Crippen molar-refractivity contribution in [1.29, 1.82) is 0 Å². The summed E-state index contributed by atoms with van der Waals surface area (Å²) in [5.74, 6) is 0.714. The summed E-state index contributed by atoms with van der Waals surface area (Å²) < 4.78 is 0. The largest absolute Gasteiger partial charge is 0.347 e. The van der Waals surface area contributed by atoms with E-state index >= 15 is 0 Å². The number of amides is 1. The number of hydrogen-bond acceptors (Lipinski definition) is 3. The fourth-order valence-corrected chi connectivity index (χ4v) is 1.56. The number of aromatic amines is 1. The minimum absolute atomic E-state index is 0.0399. The molecule has 2 aromatic heterocycles. The van der Waals surface area contributed by atoms with Gasteiger partial charge in [0.2, 0.25) is 5.91 Å². The number of pyridine rings is 1. The van der Waals surface area contributed by atoms with E-state index in [2.05, 4.69) is 20.3 Å². The zero-order chi connectivity index (χ0) is 12.1. The third-order valence-corrected chi connectivity index (χ3v) is 2.39. The average molecular weight is 230 g/mol. The lowest BCUT2D eigenvalue weighted by atomic mass is 10.2. The fraction of sp³-hybridized carbons (Fsp3) is 0.250. The van der Waals surface area contributed by atoms with E-state index < -0.39 is 0 Å². The van der Waals surface area contributed by atoms with Crippen LogP contribution in [0.2, 0.25) is 0 Å². The Bertz CT molecular complexity index is 467. The van der Waals surface area contributed by atoms with Crippen molar-refractivity contribution in [3.63, 3.8) is 0 Å². The van der Waals surface area contributed by atoms with Gasteiger partial charge in [0.1, 0.15) is 5.82 Å². The van der Waals surface area contributed by atoms with Crippen LogP contribution in [0.4, 0.5) is 0 Å². The Morgan fingerprint density at radius 3 is 3.06 bits per heavy atom. The highest BCUT2D eigenvalue weighted by molar-refractivity contribution is 5.78. The molecule has 17 heavy (non-hydrogen) atoms. The summed E-state index contributed by atoms with van der Waals surface area (Å²) in [5.41, 5.74) is 0.900. The second-order valence-corrected chi connectivity index (χ2v) is 3.80. The Hall–Kier alpha value is -2.17. The molecule has 0 spiro atoms. The van der Waals surface area contributed by atoms with Crippen molar-refractivity contribution in [3.8, 4) is 0 Å². The molecule has 2 rings (SSSR count). The van der Waals surface area contributed by atoms with Crippen LogP contribution >= 0.6 is 0 Å². The number of carbonyl (C=O) groups excluding carboxylic acids is 1. The van der Waals surface area contributed by atoms with E-state index in [0.29, 0.717) is 6.42 Å².